The normalized spacial score (nSPS) is 11.3. The molecule has 0 spiro atoms. The lowest BCUT2D eigenvalue weighted by atomic mass is 10.2. The van der Waals surface area contributed by atoms with Crippen LogP contribution in [0.15, 0.2) is 54.6 Å². The maximum atomic E-state index is 12.1. The largest absolute Gasteiger partial charge is 0.322 e. The molecule has 0 saturated heterocycles. The summed E-state index contributed by atoms with van der Waals surface area (Å²) in [6, 6.07) is 15.5. The summed E-state index contributed by atoms with van der Waals surface area (Å²) in [5, 5.41) is 2.78. The molecule has 0 aliphatic carbocycles. The Morgan fingerprint density at radius 2 is 1.48 bits per heavy atom. The number of rotatable bonds is 5. The highest BCUT2D eigenvalue weighted by Gasteiger charge is 2.21. The van der Waals surface area contributed by atoms with Crippen LogP contribution >= 0.6 is 0 Å². The van der Waals surface area contributed by atoms with E-state index in [9.17, 15) is 13.2 Å². The Morgan fingerprint density at radius 1 is 0.913 bits per heavy atom. The highest BCUT2D eigenvalue weighted by Crippen LogP contribution is 2.18. The first-order valence-corrected chi connectivity index (χ1v) is 8.35. The Labute approximate surface area is 136 Å². The molecule has 6 nitrogen and oxygen atoms in total. The van der Waals surface area contributed by atoms with Gasteiger partial charge >= 0.3 is 10.2 Å². The van der Waals surface area contributed by atoms with Crippen LogP contribution in [0.2, 0.25) is 0 Å². The van der Waals surface area contributed by atoms with Crippen LogP contribution in [0.25, 0.3) is 0 Å². The summed E-state index contributed by atoms with van der Waals surface area (Å²) in [5.74, 6) is -0.249. The molecule has 0 unspecified atom stereocenters. The van der Waals surface area contributed by atoms with Crippen LogP contribution in [0.1, 0.15) is 10.4 Å². The molecule has 0 radical (unpaired) electrons. The number of amides is 1. The summed E-state index contributed by atoms with van der Waals surface area (Å²) in [6.45, 7) is 0. The topological polar surface area (TPSA) is 69.7 Å². The van der Waals surface area contributed by atoms with Gasteiger partial charge in [-0.1, -0.05) is 18.2 Å². The molecular formula is C16H19N3O3S. The third kappa shape index (κ3) is 3.88. The average molecular weight is 333 g/mol. The van der Waals surface area contributed by atoms with Gasteiger partial charge in [-0.25, -0.2) is 0 Å². The van der Waals surface area contributed by atoms with Crippen molar-refractivity contribution in [2.75, 3.05) is 30.8 Å². The Hall–Kier alpha value is -2.38. The van der Waals surface area contributed by atoms with Crippen molar-refractivity contribution >= 4 is 27.5 Å². The second-order valence-corrected chi connectivity index (χ2v) is 7.30. The zero-order valence-electron chi connectivity index (χ0n) is 13.2. The van der Waals surface area contributed by atoms with Crippen molar-refractivity contribution in [3.8, 4) is 0 Å². The maximum absolute atomic E-state index is 12.1. The van der Waals surface area contributed by atoms with E-state index in [-0.39, 0.29) is 5.91 Å². The van der Waals surface area contributed by atoms with Crippen LogP contribution in [-0.4, -0.2) is 39.8 Å². The minimum absolute atomic E-state index is 0.249. The molecule has 2 aromatic carbocycles. The van der Waals surface area contributed by atoms with Crippen LogP contribution in [0, 0.1) is 0 Å². The van der Waals surface area contributed by atoms with Gasteiger partial charge in [-0.2, -0.15) is 12.7 Å². The molecule has 0 atom stereocenters. The second-order valence-electron chi connectivity index (χ2n) is 5.12. The zero-order chi connectivity index (χ0) is 17.0. The molecule has 2 rings (SSSR count). The molecule has 7 heteroatoms. The zero-order valence-corrected chi connectivity index (χ0v) is 14.0. The van der Waals surface area contributed by atoms with Crippen molar-refractivity contribution in [1.29, 1.82) is 0 Å². The van der Waals surface area contributed by atoms with Gasteiger partial charge in [0.1, 0.15) is 0 Å². The number of carbonyl (C=O) groups excluding carboxylic acids is 1. The van der Waals surface area contributed by atoms with E-state index >= 15 is 0 Å². The number of carbonyl (C=O) groups is 1. The first-order chi connectivity index (χ1) is 10.8. The molecule has 122 valence electrons. The lowest BCUT2D eigenvalue weighted by molar-refractivity contribution is 0.102. The molecule has 1 N–H and O–H groups in total. The van der Waals surface area contributed by atoms with E-state index in [0.29, 0.717) is 16.9 Å². The molecule has 0 aliphatic rings. The summed E-state index contributed by atoms with van der Waals surface area (Å²) in [5.41, 5.74) is 1.64. The van der Waals surface area contributed by atoms with Gasteiger partial charge in [0.25, 0.3) is 5.91 Å². The van der Waals surface area contributed by atoms with E-state index in [1.54, 1.807) is 36.4 Å². The van der Waals surface area contributed by atoms with Crippen molar-refractivity contribution in [3.63, 3.8) is 0 Å². The van der Waals surface area contributed by atoms with Crippen molar-refractivity contribution in [1.82, 2.24) is 4.31 Å². The van der Waals surface area contributed by atoms with Gasteiger partial charge in [-0.15, -0.1) is 0 Å². The van der Waals surface area contributed by atoms with Crippen LogP contribution in [-0.2, 0) is 10.2 Å². The van der Waals surface area contributed by atoms with Crippen molar-refractivity contribution < 1.29 is 13.2 Å². The van der Waals surface area contributed by atoms with Gasteiger partial charge in [0.05, 0.1) is 5.69 Å². The predicted octanol–water partition coefficient (Wildman–Crippen LogP) is 2.18. The fourth-order valence-corrected chi connectivity index (χ4v) is 2.80. The number of nitrogens with one attached hydrogen (secondary N) is 1. The van der Waals surface area contributed by atoms with E-state index in [1.807, 2.05) is 18.2 Å². The fourth-order valence-electron chi connectivity index (χ4n) is 1.93. The van der Waals surface area contributed by atoms with Crippen LogP contribution < -0.4 is 9.62 Å². The standard InChI is InChI=1S/C16H19N3O3S/c1-18(2)23(21,22)19(3)15-11-9-13(10-12-15)16(20)17-14-7-5-4-6-8-14/h4-12H,1-3H3,(H,17,20). The number of hydrogen-bond donors (Lipinski definition) is 1. The Kier molecular flexibility index (Phi) is 5.02. The minimum Gasteiger partial charge on any atom is -0.322 e. The van der Waals surface area contributed by atoms with Crippen molar-refractivity contribution in [3.05, 3.63) is 60.2 Å². The predicted molar refractivity (Wildman–Crippen MR) is 91.8 cm³/mol. The molecule has 0 bridgehead atoms. The molecule has 0 saturated carbocycles. The third-order valence-corrected chi connectivity index (χ3v) is 5.16. The van der Waals surface area contributed by atoms with E-state index in [4.69, 9.17) is 0 Å². The number of para-hydroxylation sites is 1. The van der Waals surface area contributed by atoms with Crippen LogP contribution in [0.4, 0.5) is 11.4 Å². The summed E-state index contributed by atoms with van der Waals surface area (Å²) in [7, 11) is 0.853. The highest BCUT2D eigenvalue weighted by molar-refractivity contribution is 7.90. The Morgan fingerprint density at radius 3 is 2.00 bits per heavy atom. The molecule has 2 aromatic rings. The quantitative estimate of drug-likeness (QED) is 0.912. The first kappa shape index (κ1) is 17.0. The summed E-state index contributed by atoms with van der Waals surface area (Å²) >= 11 is 0. The second kappa shape index (κ2) is 6.80. The molecule has 0 fully saturated rings. The number of benzene rings is 2. The van der Waals surface area contributed by atoms with Gasteiger partial charge in [0.2, 0.25) is 0 Å². The number of anilines is 2. The molecule has 1 amide bonds. The molecule has 0 aromatic heterocycles. The Bertz CT molecular complexity index is 772. The average Bonchev–Trinajstić information content (AvgIpc) is 2.55. The fraction of sp³-hybridized carbons (Fsp3) is 0.188. The smallest absolute Gasteiger partial charge is 0.303 e. The van der Waals surface area contributed by atoms with Gasteiger partial charge < -0.3 is 5.32 Å². The van der Waals surface area contributed by atoms with Gasteiger partial charge in [0.15, 0.2) is 0 Å². The number of nitrogens with zero attached hydrogens (tertiary/aromatic N) is 2. The first-order valence-electron chi connectivity index (χ1n) is 6.95. The monoisotopic (exact) mass is 333 g/mol. The number of hydrogen-bond acceptors (Lipinski definition) is 3. The van der Waals surface area contributed by atoms with Gasteiger partial charge in [0, 0.05) is 32.4 Å². The molecule has 23 heavy (non-hydrogen) atoms. The summed E-state index contributed by atoms with van der Waals surface area (Å²) in [4.78, 5) is 12.1. The maximum Gasteiger partial charge on any atom is 0.303 e. The van der Waals surface area contributed by atoms with Crippen LogP contribution in [0.3, 0.4) is 0 Å². The highest BCUT2D eigenvalue weighted by atomic mass is 32.2. The third-order valence-electron chi connectivity index (χ3n) is 3.33. The summed E-state index contributed by atoms with van der Waals surface area (Å²) in [6.07, 6.45) is 0. The van der Waals surface area contributed by atoms with E-state index in [0.717, 1.165) is 8.61 Å². The SMILES string of the molecule is CN(C)S(=O)(=O)N(C)c1ccc(C(=O)Nc2ccccc2)cc1. The molecular weight excluding hydrogens is 314 g/mol. The van der Waals surface area contributed by atoms with Gasteiger partial charge in [-0.05, 0) is 36.4 Å². The van der Waals surface area contributed by atoms with E-state index in [1.165, 1.54) is 21.1 Å². The minimum atomic E-state index is -3.55. The van der Waals surface area contributed by atoms with Gasteiger partial charge in [-0.3, -0.25) is 9.10 Å². The van der Waals surface area contributed by atoms with Crippen molar-refractivity contribution in [2.45, 2.75) is 0 Å². The van der Waals surface area contributed by atoms with E-state index in [2.05, 4.69) is 5.32 Å². The van der Waals surface area contributed by atoms with Crippen molar-refractivity contribution in [2.24, 2.45) is 0 Å². The molecule has 0 aliphatic heterocycles. The molecule has 0 heterocycles. The summed E-state index contributed by atoms with van der Waals surface area (Å²) < 4.78 is 26.4. The Balaban J connectivity index is 2.15. The lowest BCUT2D eigenvalue weighted by Gasteiger charge is -2.23. The lowest BCUT2D eigenvalue weighted by Crippen LogP contribution is -2.37. The van der Waals surface area contributed by atoms with Crippen LogP contribution in [0.5, 0.6) is 0 Å². The van der Waals surface area contributed by atoms with E-state index < -0.39 is 10.2 Å².